The highest BCUT2D eigenvalue weighted by atomic mass is 32.1. The Hall–Kier alpha value is -2.48. The first-order chi connectivity index (χ1) is 11.6. The Kier molecular flexibility index (Phi) is 6.68. The lowest BCUT2D eigenvalue weighted by atomic mass is 10.4. The van der Waals surface area contributed by atoms with E-state index in [4.69, 9.17) is 0 Å². The summed E-state index contributed by atoms with van der Waals surface area (Å²) in [5.74, 6) is 0.394. The van der Waals surface area contributed by atoms with Crippen LogP contribution in [0.2, 0.25) is 0 Å². The molecule has 0 bridgehead atoms. The van der Waals surface area contributed by atoms with Gasteiger partial charge in [-0.1, -0.05) is 0 Å². The van der Waals surface area contributed by atoms with Gasteiger partial charge in [-0.25, -0.2) is 9.98 Å². The van der Waals surface area contributed by atoms with Crippen molar-refractivity contribution >= 4 is 28.9 Å². The summed E-state index contributed by atoms with van der Waals surface area (Å²) < 4.78 is 0. The third-order valence-corrected chi connectivity index (χ3v) is 4.22. The minimum Gasteiger partial charge on any atom is -0.357 e. The highest BCUT2D eigenvalue weighted by Gasteiger charge is 2.06. The van der Waals surface area contributed by atoms with Crippen molar-refractivity contribution in [3.8, 4) is 0 Å². The summed E-state index contributed by atoms with van der Waals surface area (Å²) >= 11 is 1.66. The van der Waals surface area contributed by atoms with Crippen LogP contribution >= 0.6 is 11.3 Å². The number of nitrogens with zero attached hydrogens (tertiary/aromatic N) is 3. The molecule has 1 amide bonds. The molecule has 0 radical (unpaired) electrons. The van der Waals surface area contributed by atoms with Crippen LogP contribution in [0.25, 0.3) is 0 Å². The van der Waals surface area contributed by atoms with Crippen LogP contribution in [0.15, 0.2) is 29.5 Å². The van der Waals surface area contributed by atoms with Crippen molar-refractivity contribution in [3.05, 3.63) is 40.1 Å². The standard InChI is InChI=1S/C16H22N6OS/c1-4-18-16(20-10-15-21-11(2)12(3)24-15)19-9-14(23)22-13-6-5-7-17-8-13/h5-8H,4,9-10H2,1-3H3,(H,22,23)(H2,18,19,20). The summed E-state index contributed by atoms with van der Waals surface area (Å²) in [6.07, 6.45) is 3.25. The van der Waals surface area contributed by atoms with Crippen molar-refractivity contribution in [1.82, 2.24) is 20.6 Å². The average molecular weight is 346 g/mol. The number of pyridine rings is 1. The van der Waals surface area contributed by atoms with Crippen molar-refractivity contribution in [3.63, 3.8) is 0 Å². The minimum absolute atomic E-state index is 0.0279. The molecule has 3 N–H and O–H groups in total. The van der Waals surface area contributed by atoms with Crippen molar-refractivity contribution in [2.45, 2.75) is 27.3 Å². The first kappa shape index (κ1) is 17.9. The SMILES string of the molecule is CCNC(=NCC(=O)Nc1cccnc1)NCc1nc(C)c(C)s1. The van der Waals surface area contributed by atoms with E-state index in [0.29, 0.717) is 24.7 Å². The first-order valence-corrected chi connectivity index (χ1v) is 8.55. The smallest absolute Gasteiger partial charge is 0.246 e. The number of anilines is 1. The van der Waals surface area contributed by atoms with Crippen LogP contribution in [-0.4, -0.2) is 34.9 Å². The maximum absolute atomic E-state index is 11.9. The molecule has 0 atom stereocenters. The predicted molar refractivity (Wildman–Crippen MR) is 97.3 cm³/mol. The van der Waals surface area contributed by atoms with Gasteiger partial charge in [0, 0.05) is 17.6 Å². The van der Waals surface area contributed by atoms with E-state index in [9.17, 15) is 4.79 Å². The molecule has 128 valence electrons. The molecule has 0 fully saturated rings. The second kappa shape index (κ2) is 8.97. The molecule has 0 saturated carbocycles. The number of nitrogens with one attached hydrogen (secondary N) is 3. The zero-order chi connectivity index (χ0) is 17.4. The van der Waals surface area contributed by atoms with Gasteiger partial charge in [-0.3, -0.25) is 9.78 Å². The van der Waals surface area contributed by atoms with Crippen molar-refractivity contribution in [1.29, 1.82) is 0 Å². The number of aromatic nitrogens is 2. The zero-order valence-corrected chi connectivity index (χ0v) is 14.9. The number of rotatable bonds is 6. The molecule has 0 spiro atoms. The summed E-state index contributed by atoms with van der Waals surface area (Å²) in [4.78, 5) is 25.9. The quantitative estimate of drug-likeness (QED) is 0.548. The van der Waals surface area contributed by atoms with Crippen LogP contribution in [0.5, 0.6) is 0 Å². The summed E-state index contributed by atoms with van der Waals surface area (Å²) in [7, 11) is 0. The van der Waals surface area contributed by atoms with Crippen LogP contribution in [0.1, 0.15) is 22.5 Å². The van der Waals surface area contributed by atoms with E-state index >= 15 is 0 Å². The molecule has 2 aromatic rings. The summed E-state index contributed by atoms with van der Waals surface area (Å²) in [6.45, 7) is 7.35. The zero-order valence-electron chi connectivity index (χ0n) is 14.1. The van der Waals surface area contributed by atoms with Crippen molar-refractivity contribution < 1.29 is 4.79 Å². The van der Waals surface area contributed by atoms with Gasteiger partial charge in [0.15, 0.2) is 5.96 Å². The van der Waals surface area contributed by atoms with Gasteiger partial charge in [-0.15, -0.1) is 11.3 Å². The fourth-order valence-electron chi connectivity index (χ4n) is 1.90. The maximum atomic E-state index is 11.9. The van der Waals surface area contributed by atoms with Gasteiger partial charge in [-0.2, -0.15) is 0 Å². The van der Waals surface area contributed by atoms with Crippen LogP contribution in [-0.2, 0) is 11.3 Å². The molecule has 2 aromatic heterocycles. The summed E-state index contributed by atoms with van der Waals surface area (Å²) in [6, 6.07) is 3.55. The largest absolute Gasteiger partial charge is 0.357 e. The topological polar surface area (TPSA) is 91.3 Å². The van der Waals surface area contributed by atoms with E-state index in [0.717, 1.165) is 10.7 Å². The second-order valence-corrected chi connectivity index (χ2v) is 6.38. The molecule has 0 aromatic carbocycles. The number of thiazole rings is 1. The van der Waals surface area contributed by atoms with Gasteiger partial charge in [0.05, 0.1) is 24.1 Å². The molecule has 0 aliphatic carbocycles. The Balaban J connectivity index is 1.88. The Morgan fingerprint density at radius 1 is 1.33 bits per heavy atom. The van der Waals surface area contributed by atoms with Gasteiger partial charge in [0.1, 0.15) is 11.6 Å². The average Bonchev–Trinajstić information content (AvgIpc) is 2.89. The van der Waals surface area contributed by atoms with E-state index in [-0.39, 0.29) is 12.5 Å². The number of carbonyl (C=O) groups is 1. The fraction of sp³-hybridized carbons (Fsp3) is 0.375. The van der Waals surface area contributed by atoms with Gasteiger partial charge in [-0.05, 0) is 32.9 Å². The van der Waals surface area contributed by atoms with Crippen molar-refractivity contribution in [2.24, 2.45) is 4.99 Å². The lowest BCUT2D eigenvalue weighted by Crippen LogP contribution is -2.37. The van der Waals surface area contributed by atoms with Crippen molar-refractivity contribution in [2.75, 3.05) is 18.4 Å². The minimum atomic E-state index is -0.193. The summed E-state index contributed by atoms with van der Waals surface area (Å²) in [5.41, 5.74) is 1.71. The molecule has 0 saturated heterocycles. The number of aliphatic imine (C=N–C) groups is 1. The van der Waals surface area contributed by atoms with Crippen LogP contribution in [0.3, 0.4) is 0 Å². The molecule has 0 aliphatic rings. The Morgan fingerprint density at radius 3 is 2.79 bits per heavy atom. The lowest BCUT2D eigenvalue weighted by molar-refractivity contribution is -0.114. The maximum Gasteiger partial charge on any atom is 0.246 e. The molecule has 2 heterocycles. The van der Waals surface area contributed by atoms with E-state index in [1.807, 2.05) is 13.8 Å². The highest BCUT2D eigenvalue weighted by Crippen LogP contribution is 2.15. The Bertz CT molecular complexity index is 678. The van der Waals surface area contributed by atoms with E-state index in [1.54, 1.807) is 35.9 Å². The van der Waals surface area contributed by atoms with E-state index in [2.05, 4.69) is 37.8 Å². The normalized spacial score (nSPS) is 11.2. The monoisotopic (exact) mass is 346 g/mol. The van der Waals surface area contributed by atoms with Crippen LogP contribution in [0.4, 0.5) is 5.69 Å². The molecule has 7 nitrogen and oxygen atoms in total. The fourth-order valence-corrected chi connectivity index (χ4v) is 2.78. The van der Waals surface area contributed by atoms with Gasteiger partial charge in [0.2, 0.25) is 5.91 Å². The molecular formula is C16H22N6OS. The number of amides is 1. The van der Waals surface area contributed by atoms with Gasteiger partial charge in [0.25, 0.3) is 0 Å². The molecule has 8 heteroatoms. The molecule has 2 rings (SSSR count). The number of hydrogen-bond donors (Lipinski definition) is 3. The van der Waals surface area contributed by atoms with E-state index in [1.165, 1.54) is 4.88 Å². The molecule has 0 aliphatic heterocycles. The first-order valence-electron chi connectivity index (χ1n) is 7.73. The van der Waals surface area contributed by atoms with Gasteiger partial charge < -0.3 is 16.0 Å². The second-order valence-electron chi connectivity index (χ2n) is 5.09. The van der Waals surface area contributed by atoms with Gasteiger partial charge >= 0.3 is 0 Å². The molecule has 24 heavy (non-hydrogen) atoms. The Labute approximate surface area is 145 Å². The third-order valence-electron chi connectivity index (χ3n) is 3.15. The number of guanidine groups is 1. The van der Waals surface area contributed by atoms with Crippen LogP contribution < -0.4 is 16.0 Å². The number of hydrogen-bond acceptors (Lipinski definition) is 5. The summed E-state index contributed by atoms with van der Waals surface area (Å²) in [5, 5.41) is 10.1. The molecular weight excluding hydrogens is 324 g/mol. The van der Waals surface area contributed by atoms with Crippen LogP contribution in [0, 0.1) is 13.8 Å². The highest BCUT2D eigenvalue weighted by molar-refractivity contribution is 7.11. The third kappa shape index (κ3) is 5.62. The predicted octanol–water partition coefficient (Wildman–Crippen LogP) is 1.85. The Morgan fingerprint density at radius 2 is 2.17 bits per heavy atom. The number of carbonyl (C=O) groups excluding carboxylic acids is 1. The number of aryl methyl sites for hydroxylation is 2. The van der Waals surface area contributed by atoms with E-state index < -0.39 is 0 Å². The molecule has 0 unspecified atom stereocenters. The lowest BCUT2D eigenvalue weighted by Gasteiger charge is -2.10.